The molecule has 102 valence electrons. The van der Waals surface area contributed by atoms with E-state index in [4.69, 9.17) is 39.6 Å². The molecule has 0 radical (unpaired) electrons. The summed E-state index contributed by atoms with van der Waals surface area (Å²) in [6.45, 7) is 0. The average molecular weight is 435 g/mol. The van der Waals surface area contributed by atoms with Gasteiger partial charge in [-0.1, -0.05) is 0 Å². The van der Waals surface area contributed by atoms with Crippen LogP contribution in [-0.2, 0) is 21.1 Å². The number of carboxylic acid groups (broad SMARTS) is 4. The third-order valence-corrected chi connectivity index (χ3v) is 0. The number of hydrogen-bond donors (Lipinski definition) is 4. The zero-order valence-electron chi connectivity index (χ0n) is 7.89. The van der Waals surface area contributed by atoms with Crippen LogP contribution in [0.2, 0.25) is 0 Å². The van der Waals surface area contributed by atoms with Crippen LogP contribution in [0.25, 0.3) is 0 Å². The first kappa shape index (κ1) is 29.3. The van der Waals surface area contributed by atoms with Crippen molar-refractivity contribution >= 4 is 24.4 Å². The van der Waals surface area contributed by atoms with Crippen molar-refractivity contribution in [3.8, 4) is 0 Å². The summed E-state index contributed by atoms with van der Waals surface area (Å²) in [4.78, 5) is 34.7. The maximum atomic E-state index is 8.67. The van der Waals surface area contributed by atoms with E-state index < -0.39 is 24.4 Å². The fraction of sp³-hybridized carbons (Fsp3) is 0. The number of hydrogen-bond acceptors (Lipinski definition) is 8. The van der Waals surface area contributed by atoms with Gasteiger partial charge in [-0.05, 0) is 0 Å². The van der Waals surface area contributed by atoms with Crippen LogP contribution in [0.5, 0.6) is 0 Å². The maximum absolute atomic E-state index is 8.67. The van der Waals surface area contributed by atoms with Crippen molar-refractivity contribution in [3.05, 3.63) is 0 Å². The van der Waals surface area contributed by atoms with Gasteiger partial charge in [-0.25, -0.2) is 0 Å². The first-order valence-electron chi connectivity index (χ1n) is 2.79. The van der Waals surface area contributed by atoms with Crippen LogP contribution >= 0.6 is 0 Å². The van der Waals surface area contributed by atoms with Gasteiger partial charge < -0.3 is 62.5 Å². The van der Waals surface area contributed by atoms with E-state index in [0.717, 1.165) is 0 Å². The van der Waals surface area contributed by atoms with Crippen LogP contribution in [0.15, 0.2) is 0 Å². The quantitative estimate of drug-likeness (QED) is 0.283. The first-order valence-corrected chi connectivity index (χ1v) is 2.79. The summed E-state index contributed by atoms with van der Waals surface area (Å²) in [7, 11) is 0. The van der Waals surface area contributed by atoms with Crippen molar-refractivity contribution in [2.45, 2.75) is 0 Å². The molecule has 0 aromatic heterocycles. The van der Waals surface area contributed by atoms with Gasteiger partial charge in [-0.2, -0.15) is 0 Å². The Hall–Kier alpha value is -2.23. The number of primary amides is 4. The molecule has 0 aromatic carbocycles. The van der Waals surface area contributed by atoms with Gasteiger partial charge in [-0.3, -0.25) is 0 Å². The Balaban J connectivity index is -0.0000000369. The van der Waals surface area contributed by atoms with Crippen LogP contribution in [0, 0.1) is 0 Å². The normalized spacial score (nSPS) is 5.65. The predicted octanol–water partition coefficient (Wildman–Crippen LogP) is -6.85. The molecule has 0 aliphatic heterocycles. The minimum atomic E-state index is -1.58. The van der Waals surface area contributed by atoms with Gasteiger partial charge >= 0.3 is 21.1 Å². The summed E-state index contributed by atoms with van der Waals surface area (Å²) < 4.78 is 0. The summed E-state index contributed by atoms with van der Waals surface area (Å²) >= 11 is 0. The van der Waals surface area contributed by atoms with Crippen LogP contribution in [0.1, 0.15) is 0 Å². The second-order valence-corrected chi connectivity index (χ2v) is 1.28. The SMILES string of the molecule is NC(=O)[O-].NC(=O)[O-].NC(=O)[O-].NC(=O)[O-].[Pt+4]. The minimum Gasteiger partial charge on any atom is -0.530 e. The van der Waals surface area contributed by atoms with Crippen LogP contribution in [-0.4, -0.2) is 24.4 Å². The van der Waals surface area contributed by atoms with Crippen molar-refractivity contribution in [1.82, 2.24) is 0 Å². The molecule has 0 saturated heterocycles. The molecule has 17 heavy (non-hydrogen) atoms. The molecule has 0 bridgehead atoms. The summed E-state index contributed by atoms with van der Waals surface area (Å²) in [5.74, 6) is 0. The van der Waals surface area contributed by atoms with Crippen molar-refractivity contribution in [1.29, 1.82) is 0 Å². The fourth-order valence-electron chi connectivity index (χ4n) is 0. The summed E-state index contributed by atoms with van der Waals surface area (Å²) in [6.07, 6.45) is -6.33. The second-order valence-electron chi connectivity index (χ2n) is 1.28. The fourth-order valence-corrected chi connectivity index (χ4v) is 0. The molecule has 0 heterocycles. The molecule has 0 spiro atoms. The third-order valence-electron chi connectivity index (χ3n) is 0. The van der Waals surface area contributed by atoms with Crippen molar-refractivity contribution in [2.24, 2.45) is 22.9 Å². The first-order chi connectivity index (χ1) is 6.93. The summed E-state index contributed by atoms with van der Waals surface area (Å²) in [6, 6.07) is 0. The van der Waals surface area contributed by atoms with Gasteiger partial charge in [0.25, 0.3) is 0 Å². The van der Waals surface area contributed by atoms with Gasteiger partial charge in [-0.15, -0.1) is 0 Å². The zero-order valence-corrected chi connectivity index (χ0v) is 10.2. The van der Waals surface area contributed by atoms with E-state index in [0.29, 0.717) is 0 Å². The number of amides is 4. The monoisotopic (exact) mass is 435 g/mol. The zero-order chi connectivity index (χ0) is 14.3. The van der Waals surface area contributed by atoms with E-state index >= 15 is 0 Å². The van der Waals surface area contributed by atoms with E-state index in [1.807, 2.05) is 0 Å². The summed E-state index contributed by atoms with van der Waals surface area (Å²) in [5, 5.41) is 34.7. The summed E-state index contributed by atoms with van der Waals surface area (Å²) in [5.41, 5.74) is 15.7. The molecular weight excluding hydrogens is 427 g/mol. The second kappa shape index (κ2) is 23.5. The van der Waals surface area contributed by atoms with Crippen LogP contribution in [0.3, 0.4) is 0 Å². The topological polar surface area (TPSA) is 265 Å². The molecule has 13 heteroatoms. The molecule has 0 aliphatic carbocycles. The number of carbonyl (C=O) groups is 4. The smallest absolute Gasteiger partial charge is 0.530 e. The van der Waals surface area contributed by atoms with Gasteiger partial charge in [0.2, 0.25) is 0 Å². The molecule has 8 N–H and O–H groups in total. The molecule has 0 fully saturated rings. The molecule has 12 nitrogen and oxygen atoms in total. The van der Waals surface area contributed by atoms with E-state index in [9.17, 15) is 0 Å². The van der Waals surface area contributed by atoms with Crippen LogP contribution < -0.4 is 43.4 Å². The van der Waals surface area contributed by atoms with E-state index in [2.05, 4.69) is 22.9 Å². The predicted molar refractivity (Wildman–Crippen MR) is 38.3 cm³/mol. The number of rotatable bonds is 0. The van der Waals surface area contributed by atoms with E-state index in [1.165, 1.54) is 0 Å². The molecule has 0 saturated carbocycles. The Morgan fingerprint density at radius 3 is 0.529 bits per heavy atom. The van der Waals surface area contributed by atoms with Gasteiger partial charge in [0.15, 0.2) is 0 Å². The molecular formula is C4H8N4O8Pt. The van der Waals surface area contributed by atoms with E-state index in [-0.39, 0.29) is 21.1 Å². The van der Waals surface area contributed by atoms with Crippen molar-refractivity contribution < 1.29 is 60.7 Å². The Morgan fingerprint density at radius 1 is 0.529 bits per heavy atom. The molecule has 0 aliphatic rings. The Labute approximate surface area is 108 Å². The van der Waals surface area contributed by atoms with Gasteiger partial charge in [0.05, 0.1) is 0 Å². The van der Waals surface area contributed by atoms with Gasteiger partial charge in [0.1, 0.15) is 24.4 Å². The molecule has 0 unspecified atom stereocenters. The Kier molecular flexibility index (Phi) is 40.6. The van der Waals surface area contributed by atoms with Gasteiger partial charge in [0, 0.05) is 0 Å². The average Bonchev–Trinajstić information content (AvgIpc) is 1.76. The van der Waals surface area contributed by atoms with Crippen molar-refractivity contribution in [3.63, 3.8) is 0 Å². The Morgan fingerprint density at radius 2 is 0.529 bits per heavy atom. The largest absolute Gasteiger partial charge is 4.00 e. The molecule has 4 amide bonds. The standard InChI is InChI=1S/4CH3NO2.Pt/c4*2-1(3)4;/h4*2H2,(H,3,4);/q;;;;+4/p-4. The van der Waals surface area contributed by atoms with Crippen molar-refractivity contribution in [2.75, 3.05) is 0 Å². The maximum Gasteiger partial charge on any atom is 4.00 e. The molecule has 0 rings (SSSR count). The minimum absolute atomic E-state index is 0. The number of carbonyl (C=O) groups excluding carboxylic acids is 4. The molecule has 0 aromatic rings. The van der Waals surface area contributed by atoms with Crippen LogP contribution in [0.4, 0.5) is 19.2 Å². The Bertz CT molecular complexity index is 170. The van der Waals surface area contributed by atoms with E-state index in [1.54, 1.807) is 0 Å². The number of nitrogens with two attached hydrogens (primary N) is 4. The molecule has 0 atom stereocenters. The third kappa shape index (κ3) is 383.